The number of anilines is 2. The zero-order chi connectivity index (χ0) is 15.9. The molecule has 0 aliphatic rings. The number of halogens is 1. The van der Waals surface area contributed by atoms with Crippen molar-refractivity contribution in [2.24, 2.45) is 5.10 Å². The van der Waals surface area contributed by atoms with E-state index in [1.165, 1.54) is 6.07 Å². The molecule has 0 saturated heterocycles. The van der Waals surface area contributed by atoms with Crippen LogP contribution in [0.3, 0.4) is 0 Å². The Morgan fingerprint density at radius 3 is 2.32 bits per heavy atom. The maximum atomic E-state index is 12.0. The molecule has 2 aromatic carbocycles. The highest BCUT2D eigenvalue weighted by atomic mass is 35.5. The van der Waals surface area contributed by atoms with Gasteiger partial charge in [0.1, 0.15) is 0 Å². The third kappa shape index (κ3) is 4.32. The summed E-state index contributed by atoms with van der Waals surface area (Å²) in [5, 5.41) is 15.6. The van der Waals surface area contributed by atoms with E-state index in [0.29, 0.717) is 16.4 Å². The third-order valence-corrected chi connectivity index (χ3v) is 2.81. The molecule has 0 atom stereocenters. The lowest BCUT2D eigenvalue weighted by Gasteiger charge is -2.06. The maximum Gasteiger partial charge on any atom is 0.362 e. The highest BCUT2D eigenvalue weighted by molar-refractivity contribution is 6.65. The van der Waals surface area contributed by atoms with Gasteiger partial charge in [0.05, 0.1) is 5.69 Å². The predicted molar refractivity (Wildman–Crippen MR) is 85.2 cm³/mol. The molecule has 1 amide bonds. The molecule has 2 aromatic rings. The Morgan fingerprint density at radius 1 is 1.00 bits per heavy atom. The highest BCUT2D eigenvalue weighted by Gasteiger charge is 2.20. The second-order valence-corrected chi connectivity index (χ2v) is 4.64. The van der Waals surface area contributed by atoms with Crippen LogP contribution in [0.5, 0.6) is 0 Å². The normalized spacial score (nSPS) is 10.9. The molecule has 7 heteroatoms. The van der Waals surface area contributed by atoms with E-state index in [-0.39, 0.29) is 0 Å². The molecule has 0 unspecified atom stereocenters. The fraction of sp³-hybridized carbons (Fsp3) is 0. The molecule has 0 heterocycles. The molecule has 3 N–H and O–H groups in total. The molecule has 6 nitrogen and oxygen atoms in total. The van der Waals surface area contributed by atoms with Crippen LogP contribution in [-0.4, -0.2) is 22.7 Å². The number of para-hydroxylation sites is 1. The first-order chi connectivity index (χ1) is 10.6. The Bertz CT molecular complexity index is 717. The summed E-state index contributed by atoms with van der Waals surface area (Å²) in [6, 6.07) is 15.1. The molecule has 0 fully saturated rings. The summed E-state index contributed by atoms with van der Waals surface area (Å²) in [6.07, 6.45) is 0. The fourth-order valence-corrected chi connectivity index (χ4v) is 1.78. The molecule has 0 saturated carbocycles. The van der Waals surface area contributed by atoms with Gasteiger partial charge in [-0.15, -0.1) is 0 Å². The van der Waals surface area contributed by atoms with Gasteiger partial charge in [-0.3, -0.25) is 10.2 Å². The maximum absolute atomic E-state index is 12.0. The minimum atomic E-state index is -1.44. The van der Waals surface area contributed by atoms with Crippen molar-refractivity contribution >= 4 is 40.6 Å². The van der Waals surface area contributed by atoms with E-state index in [1.54, 1.807) is 48.5 Å². The minimum Gasteiger partial charge on any atom is -0.476 e. The van der Waals surface area contributed by atoms with Crippen LogP contribution in [0.25, 0.3) is 0 Å². The Labute approximate surface area is 131 Å². The van der Waals surface area contributed by atoms with Crippen molar-refractivity contribution in [3.8, 4) is 0 Å². The number of carboxylic acid groups (broad SMARTS) is 1. The van der Waals surface area contributed by atoms with Gasteiger partial charge >= 0.3 is 5.97 Å². The Morgan fingerprint density at radius 2 is 1.68 bits per heavy atom. The zero-order valence-corrected chi connectivity index (χ0v) is 12.0. The fourth-order valence-electron chi connectivity index (χ4n) is 1.59. The van der Waals surface area contributed by atoms with Crippen molar-refractivity contribution in [1.29, 1.82) is 0 Å². The van der Waals surface area contributed by atoms with E-state index in [1.807, 2.05) is 0 Å². The van der Waals surface area contributed by atoms with Crippen molar-refractivity contribution in [3.63, 3.8) is 0 Å². The number of nitrogens with zero attached hydrogens (tertiary/aromatic N) is 1. The number of hydrogen-bond acceptors (Lipinski definition) is 4. The van der Waals surface area contributed by atoms with Gasteiger partial charge in [0.15, 0.2) is 0 Å². The van der Waals surface area contributed by atoms with Crippen molar-refractivity contribution < 1.29 is 14.7 Å². The molecule has 0 radical (unpaired) electrons. The van der Waals surface area contributed by atoms with Gasteiger partial charge < -0.3 is 10.4 Å². The summed E-state index contributed by atoms with van der Waals surface area (Å²) in [5.74, 6) is -2.29. The van der Waals surface area contributed by atoms with Gasteiger partial charge in [0.2, 0.25) is 5.71 Å². The monoisotopic (exact) mass is 317 g/mol. The van der Waals surface area contributed by atoms with Crippen molar-refractivity contribution in [1.82, 2.24) is 0 Å². The number of carbonyl (C=O) groups excluding carboxylic acids is 1. The second-order valence-electron chi connectivity index (χ2n) is 4.21. The number of rotatable bonds is 5. The summed E-state index contributed by atoms with van der Waals surface area (Å²) in [4.78, 5) is 23.1. The molecule has 0 aliphatic carbocycles. The quantitative estimate of drug-likeness (QED) is 0.449. The van der Waals surface area contributed by atoms with E-state index < -0.39 is 17.6 Å². The van der Waals surface area contributed by atoms with Crippen LogP contribution in [0.1, 0.15) is 0 Å². The van der Waals surface area contributed by atoms with E-state index in [4.69, 9.17) is 16.7 Å². The number of hydrazone groups is 1. The summed E-state index contributed by atoms with van der Waals surface area (Å²) >= 11 is 5.80. The van der Waals surface area contributed by atoms with Gasteiger partial charge in [-0.05, 0) is 30.3 Å². The Hall–Kier alpha value is -2.86. The summed E-state index contributed by atoms with van der Waals surface area (Å²) in [5.41, 5.74) is 2.81. The Kier molecular flexibility index (Phi) is 5.11. The van der Waals surface area contributed by atoms with Crippen LogP contribution in [0.15, 0.2) is 59.7 Å². The van der Waals surface area contributed by atoms with Gasteiger partial charge in [-0.2, -0.15) is 5.10 Å². The first-order valence-electron chi connectivity index (χ1n) is 6.25. The lowest BCUT2D eigenvalue weighted by atomic mass is 10.3. The lowest BCUT2D eigenvalue weighted by molar-refractivity contribution is -0.130. The standard InChI is InChI=1S/C15H12ClN3O3/c16-10-5-4-8-12(9-10)17-14(20)13(15(21)22)19-18-11-6-2-1-3-7-11/h1-9,18H,(H,17,20)(H,21,22). The molecular formula is C15H12ClN3O3. The smallest absolute Gasteiger partial charge is 0.362 e. The van der Waals surface area contributed by atoms with Crippen LogP contribution in [-0.2, 0) is 9.59 Å². The summed E-state index contributed by atoms with van der Waals surface area (Å²) < 4.78 is 0. The third-order valence-electron chi connectivity index (χ3n) is 2.57. The van der Waals surface area contributed by atoms with Gasteiger partial charge in [-0.1, -0.05) is 35.9 Å². The predicted octanol–water partition coefficient (Wildman–Crippen LogP) is 2.83. The average molecular weight is 318 g/mol. The molecule has 0 aliphatic heterocycles. The molecule has 0 aromatic heterocycles. The van der Waals surface area contributed by atoms with Crippen LogP contribution in [0, 0.1) is 0 Å². The molecule has 0 bridgehead atoms. The van der Waals surface area contributed by atoms with Crippen molar-refractivity contribution in [3.05, 3.63) is 59.6 Å². The summed E-state index contributed by atoms with van der Waals surface area (Å²) in [6.45, 7) is 0. The van der Waals surface area contributed by atoms with Crippen molar-refractivity contribution in [2.75, 3.05) is 10.7 Å². The van der Waals surface area contributed by atoms with Gasteiger partial charge in [-0.25, -0.2) is 4.79 Å². The van der Waals surface area contributed by atoms with Gasteiger partial charge in [0, 0.05) is 10.7 Å². The van der Waals surface area contributed by atoms with Crippen LogP contribution < -0.4 is 10.7 Å². The van der Waals surface area contributed by atoms with Crippen LogP contribution in [0.2, 0.25) is 5.02 Å². The number of benzene rings is 2. The van der Waals surface area contributed by atoms with E-state index >= 15 is 0 Å². The average Bonchev–Trinajstić information content (AvgIpc) is 2.48. The number of amides is 1. The summed E-state index contributed by atoms with van der Waals surface area (Å²) in [7, 11) is 0. The number of hydrogen-bond donors (Lipinski definition) is 3. The van der Waals surface area contributed by atoms with Crippen molar-refractivity contribution in [2.45, 2.75) is 0 Å². The lowest BCUT2D eigenvalue weighted by Crippen LogP contribution is -2.30. The second kappa shape index (κ2) is 7.24. The minimum absolute atomic E-state index is 0.381. The molecule has 112 valence electrons. The zero-order valence-electron chi connectivity index (χ0n) is 11.3. The van der Waals surface area contributed by atoms with E-state index in [9.17, 15) is 9.59 Å². The SMILES string of the molecule is O=C(O)C(=NNc1ccccc1)C(=O)Nc1cccc(Cl)c1. The molecular weight excluding hydrogens is 306 g/mol. The number of nitrogens with one attached hydrogen (secondary N) is 2. The first-order valence-corrected chi connectivity index (χ1v) is 6.63. The largest absolute Gasteiger partial charge is 0.476 e. The topological polar surface area (TPSA) is 90.8 Å². The molecule has 0 spiro atoms. The van der Waals surface area contributed by atoms with Gasteiger partial charge in [0.25, 0.3) is 5.91 Å². The number of carboxylic acids is 1. The number of carbonyl (C=O) groups is 2. The van der Waals surface area contributed by atoms with E-state index in [0.717, 1.165) is 0 Å². The molecule has 2 rings (SSSR count). The molecule has 22 heavy (non-hydrogen) atoms. The Balaban J connectivity index is 2.13. The van der Waals surface area contributed by atoms with Crippen LogP contribution >= 0.6 is 11.6 Å². The first kappa shape index (κ1) is 15.5. The number of aliphatic carboxylic acids is 1. The van der Waals surface area contributed by atoms with Crippen LogP contribution in [0.4, 0.5) is 11.4 Å². The van der Waals surface area contributed by atoms with E-state index in [2.05, 4.69) is 15.8 Å². The highest BCUT2D eigenvalue weighted by Crippen LogP contribution is 2.15.